The van der Waals surface area contributed by atoms with Gasteiger partial charge in [-0.1, -0.05) is 6.92 Å². The van der Waals surface area contributed by atoms with Crippen LogP contribution in [-0.2, 0) is 0 Å². The lowest BCUT2D eigenvalue weighted by Gasteiger charge is -2.32. The first-order valence-electron chi connectivity index (χ1n) is 5.97. The number of likely N-dealkylation sites (tertiary alicyclic amines) is 1. The highest BCUT2D eigenvalue weighted by atomic mass is 79.9. The molecular formula is C12H17BrN2O2. The van der Waals surface area contributed by atoms with Gasteiger partial charge in [0.25, 0.3) is 5.91 Å². The zero-order valence-corrected chi connectivity index (χ0v) is 11.5. The molecule has 0 aromatic carbocycles. The molecule has 94 valence electrons. The summed E-state index contributed by atoms with van der Waals surface area (Å²) < 4.78 is 5.56. The summed E-state index contributed by atoms with van der Waals surface area (Å²) in [5.41, 5.74) is 0.568. The summed E-state index contributed by atoms with van der Waals surface area (Å²) in [5, 5.41) is 3.06. The van der Waals surface area contributed by atoms with Crippen LogP contribution in [0, 0.1) is 0 Å². The third-order valence-corrected chi connectivity index (χ3v) is 3.76. The molecule has 5 heteroatoms. The molecule has 17 heavy (non-hydrogen) atoms. The fourth-order valence-corrected chi connectivity index (χ4v) is 2.60. The fourth-order valence-electron chi connectivity index (χ4n) is 2.18. The molecule has 0 saturated carbocycles. The van der Waals surface area contributed by atoms with Crippen molar-refractivity contribution in [2.75, 3.05) is 19.6 Å². The van der Waals surface area contributed by atoms with E-state index in [1.165, 1.54) is 6.26 Å². The summed E-state index contributed by atoms with van der Waals surface area (Å²) in [6, 6.07) is 1.93. The molecule has 1 aliphatic heterocycles. The molecule has 1 aromatic heterocycles. The summed E-state index contributed by atoms with van der Waals surface area (Å²) >= 11 is 3.22. The number of hydrogen-bond acceptors (Lipinski definition) is 3. The fraction of sp³-hybridized carbons (Fsp3) is 0.583. The van der Waals surface area contributed by atoms with Crippen molar-refractivity contribution in [3.8, 4) is 0 Å². The van der Waals surface area contributed by atoms with Gasteiger partial charge in [0.05, 0.1) is 11.8 Å². The number of nitrogens with zero attached hydrogens (tertiary/aromatic N) is 1. The second kappa shape index (κ2) is 5.69. The van der Waals surface area contributed by atoms with E-state index in [0.29, 0.717) is 10.2 Å². The smallest absolute Gasteiger partial charge is 0.256 e. The Morgan fingerprint density at radius 1 is 1.71 bits per heavy atom. The molecule has 0 radical (unpaired) electrons. The van der Waals surface area contributed by atoms with Gasteiger partial charge in [0, 0.05) is 12.6 Å². The van der Waals surface area contributed by atoms with E-state index in [1.54, 1.807) is 6.07 Å². The minimum atomic E-state index is -0.0615. The molecule has 1 N–H and O–H groups in total. The molecule has 4 nitrogen and oxygen atoms in total. The van der Waals surface area contributed by atoms with Gasteiger partial charge in [-0.2, -0.15) is 0 Å². The quantitative estimate of drug-likeness (QED) is 0.931. The summed E-state index contributed by atoms with van der Waals surface area (Å²) in [6.07, 6.45) is 3.71. The molecule has 1 atom stereocenters. The second-order valence-electron chi connectivity index (χ2n) is 4.31. The van der Waals surface area contributed by atoms with E-state index in [2.05, 4.69) is 33.1 Å². The number of carbonyl (C=O) groups is 1. The molecule has 0 aliphatic carbocycles. The van der Waals surface area contributed by atoms with Crippen molar-refractivity contribution in [2.24, 2.45) is 0 Å². The van der Waals surface area contributed by atoms with Gasteiger partial charge in [-0.05, 0) is 47.9 Å². The van der Waals surface area contributed by atoms with E-state index in [9.17, 15) is 4.79 Å². The number of carbonyl (C=O) groups excluding carboxylic acids is 1. The van der Waals surface area contributed by atoms with Crippen LogP contribution >= 0.6 is 15.9 Å². The lowest BCUT2D eigenvalue weighted by Crippen LogP contribution is -2.47. The van der Waals surface area contributed by atoms with E-state index >= 15 is 0 Å². The molecule has 0 spiro atoms. The first-order valence-corrected chi connectivity index (χ1v) is 6.76. The van der Waals surface area contributed by atoms with Crippen molar-refractivity contribution in [1.29, 1.82) is 0 Å². The first kappa shape index (κ1) is 12.6. The first-order chi connectivity index (χ1) is 8.20. The van der Waals surface area contributed by atoms with E-state index in [4.69, 9.17) is 4.42 Å². The van der Waals surface area contributed by atoms with Gasteiger partial charge in [-0.15, -0.1) is 0 Å². The number of rotatable bonds is 3. The number of halogens is 1. The molecular weight excluding hydrogens is 284 g/mol. The Morgan fingerprint density at radius 3 is 3.18 bits per heavy atom. The number of nitrogens with one attached hydrogen (secondary N) is 1. The lowest BCUT2D eigenvalue weighted by atomic mass is 10.1. The Kier molecular flexibility index (Phi) is 4.23. The monoisotopic (exact) mass is 300 g/mol. The second-order valence-corrected chi connectivity index (χ2v) is 5.03. The van der Waals surface area contributed by atoms with Crippen LogP contribution in [0.2, 0.25) is 0 Å². The van der Waals surface area contributed by atoms with Crippen LogP contribution < -0.4 is 5.32 Å². The number of piperidine rings is 1. The maximum absolute atomic E-state index is 12.0. The molecule has 1 amide bonds. The summed E-state index contributed by atoms with van der Waals surface area (Å²) in [5.74, 6) is -0.0615. The van der Waals surface area contributed by atoms with Crippen molar-refractivity contribution < 1.29 is 9.21 Å². The van der Waals surface area contributed by atoms with Crippen molar-refractivity contribution in [2.45, 2.75) is 25.8 Å². The standard InChI is InChI=1S/C12H17BrN2O2/c1-2-15-6-3-4-9(8-15)14-12(16)10-5-7-17-11(10)13/h5,7,9H,2-4,6,8H2,1H3,(H,14,16). The predicted molar refractivity (Wildman–Crippen MR) is 69.0 cm³/mol. The highest BCUT2D eigenvalue weighted by Gasteiger charge is 2.22. The van der Waals surface area contributed by atoms with Crippen LogP contribution in [0.5, 0.6) is 0 Å². The van der Waals surface area contributed by atoms with E-state index in [0.717, 1.165) is 32.5 Å². The minimum Gasteiger partial charge on any atom is -0.457 e. The molecule has 1 saturated heterocycles. The zero-order chi connectivity index (χ0) is 12.3. The normalized spacial score (nSPS) is 21.4. The number of likely N-dealkylation sites (N-methyl/N-ethyl adjacent to an activating group) is 1. The number of hydrogen-bond donors (Lipinski definition) is 1. The van der Waals surface area contributed by atoms with Gasteiger partial charge in [0.1, 0.15) is 0 Å². The van der Waals surface area contributed by atoms with E-state index < -0.39 is 0 Å². The average molecular weight is 301 g/mol. The third-order valence-electron chi connectivity index (χ3n) is 3.15. The molecule has 2 heterocycles. The Hall–Kier alpha value is -0.810. The minimum absolute atomic E-state index is 0.0615. The van der Waals surface area contributed by atoms with Crippen LogP contribution in [0.15, 0.2) is 21.4 Å². The zero-order valence-electron chi connectivity index (χ0n) is 9.91. The van der Waals surface area contributed by atoms with Gasteiger partial charge in [-0.25, -0.2) is 0 Å². The lowest BCUT2D eigenvalue weighted by molar-refractivity contribution is 0.0904. The van der Waals surface area contributed by atoms with Gasteiger partial charge in [0.2, 0.25) is 0 Å². The Balaban J connectivity index is 1.93. The van der Waals surface area contributed by atoms with Gasteiger partial charge in [-0.3, -0.25) is 4.79 Å². The predicted octanol–water partition coefficient (Wildman–Crippen LogP) is 2.26. The topological polar surface area (TPSA) is 45.5 Å². The van der Waals surface area contributed by atoms with Crippen molar-refractivity contribution in [3.63, 3.8) is 0 Å². The number of amides is 1. The van der Waals surface area contributed by atoms with Crippen molar-refractivity contribution >= 4 is 21.8 Å². The van der Waals surface area contributed by atoms with Crippen LogP contribution in [0.25, 0.3) is 0 Å². The molecule has 1 fully saturated rings. The van der Waals surface area contributed by atoms with Crippen LogP contribution in [0.4, 0.5) is 0 Å². The Morgan fingerprint density at radius 2 is 2.53 bits per heavy atom. The highest BCUT2D eigenvalue weighted by molar-refractivity contribution is 9.10. The van der Waals surface area contributed by atoms with Crippen LogP contribution in [0.3, 0.4) is 0 Å². The molecule has 2 rings (SSSR count). The summed E-state index contributed by atoms with van der Waals surface area (Å²) in [7, 11) is 0. The average Bonchev–Trinajstić information content (AvgIpc) is 2.76. The Bertz CT molecular complexity index is 392. The molecule has 1 aliphatic rings. The van der Waals surface area contributed by atoms with Gasteiger partial charge in [0.15, 0.2) is 4.67 Å². The summed E-state index contributed by atoms with van der Waals surface area (Å²) in [4.78, 5) is 14.3. The van der Waals surface area contributed by atoms with E-state index in [-0.39, 0.29) is 11.9 Å². The Labute approximate surface area is 109 Å². The van der Waals surface area contributed by atoms with Crippen molar-refractivity contribution in [3.05, 3.63) is 22.6 Å². The van der Waals surface area contributed by atoms with Crippen molar-refractivity contribution in [1.82, 2.24) is 10.2 Å². The third kappa shape index (κ3) is 3.10. The SMILES string of the molecule is CCN1CCCC(NC(=O)c2ccoc2Br)C1. The van der Waals surface area contributed by atoms with Gasteiger partial charge >= 0.3 is 0 Å². The van der Waals surface area contributed by atoms with Crippen LogP contribution in [0.1, 0.15) is 30.1 Å². The van der Waals surface area contributed by atoms with E-state index in [1.807, 2.05) is 0 Å². The molecule has 1 aromatic rings. The largest absolute Gasteiger partial charge is 0.457 e. The molecule has 0 bridgehead atoms. The summed E-state index contributed by atoms with van der Waals surface area (Å²) in [6.45, 7) is 5.27. The maximum atomic E-state index is 12.0. The number of furan rings is 1. The van der Waals surface area contributed by atoms with Gasteiger partial charge < -0.3 is 14.6 Å². The highest BCUT2D eigenvalue weighted by Crippen LogP contribution is 2.18. The molecule has 1 unspecified atom stereocenters. The maximum Gasteiger partial charge on any atom is 0.256 e. The van der Waals surface area contributed by atoms with Crippen LogP contribution in [-0.4, -0.2) is 36.5 Å².